The first kappa shape index (κ1) is 11.0. The van der Waals surface area contributed by atoms with Gasteiger partial charge in [0.1, 0.15) is 0 Å². The molecule has 0 amide bonds. The molecule has 2 nitrogen and oxygen atoms in total. The van der Waals surface area contributed by atoms with Crippen molar-refractivity contribution in [2.45, 2.75) is 24.7 Å². The van der Waals surface area contributed by atoms with Gasteiger partial charge in [-0.1, -0.05) is 24.1 Å². The molecule has 0 aliphatic heterocycles. The van der Waals surface area contributed by atoms with Crippen LogP contribution in [0.15, 0.2) is 22.7 Å². The molecule has 1 aromatic rings. The molecule has 0 radical (unpaired) electrons. The van der Waals surface area contributed by atoms with E-state index in [2.05, 4.69) is 15.9 Å². The van der Waals surface area contributed by atoms with Gasteiger partial charge in [-0.05, 0) is 46.5 Å². The summed E-state index contributed by atoms with van der Waals surface area (Å²) < 4.78 is 0.799. The Labute approximate surface area is 101 Å². The molecule has 2 rings (SSSR count). The summed E-state index contributed by atoms with van der Waals surface area (Å²) in [6.07, 6.45) is 2.39. The van der Waals surface area contributed by atoms with Gasteiger partial charge < -0.3 is 5.11 Å². The summed E-state index contributed by atoms with van der Waals surface area (Å²) in [6, 6.07) is 5.39. The Morgan fingerprint density at radius 2 is 2.13 bits per heavy atom. The first-order valence-electron chi connectivity index (χ1n) is 4.75. The van der Waals surface area contributed by atoms with E-state index in [0.29, 0.717) is 17.9 Å². The molecular formula is C11H10BrClO2. The van der Waals surface area contributed by atoms with Gasteiger partial charge in [-0.3, -0.25) is 4.79 Å². The summed E-state index contributed by atoms with van der Waals surface area (Å²) in [5, 5.41) is 9.81. The standard InChI is InChI=1S/C11H10BrClO2/c12-8-3-2-7(6-9(8)13)11(10(14)15)4-1-5-11/h2-3,6H,1,4-5H2,(H,14,15). The highest BCUT2D eigenvalue weighted by Gasteiger charge is 2.45. The van der Waals surface area contributed by atoms with Crippen LogP contribution in [-0.4, -0.2) is 11.1 Å². The molecule has 0 atom stereocenters. The summed E-state index contributed by atoms with van der Waals surface area (Å²) >= 11 is 9.26. The Morgan fingerprint density at radius 1 is 1.47 bits per heavy atom. The van der Waals surface area contributed by atoms with E-state index in [1.807, 2.05) is 6.07 Å². The lowest BCUT2D eigenvalue weighted by Crippen LogP contribution is -2.42. The molecule has 0 unspecified atom stereocenters. The van der Waals surface area contributed by atoms with Gasteiger partial charge in [-0.25, -0.2) is 0 Å². The molecule has 1 saturated carbocycles. The van der Waals surface area contributed by atoms with E-state index in [0.717, 1.165) is 16.5 Å². The predicted molar refractivity (Wildman–Crippen MR) is 62.3 cm³/mol. The van der Waals surface area contributed by atoms with Crippen LogP contribution in [0.5, 0.6) is 0 Å². The van der Waals surface area contributed by atoms with Crippen molar-refractivity contribution in [3.8, 4) is 0 Å². The molecule has 1 aliphatic rings. The van der Waals surface area contributed by atoms with Crippen LogP contribution in [0.2, 0.25) is 5.02 Å². The van der Waals surface area contributed by atoms with Crippen LogP contribution in [0.3, 0.4) is 0 Å². The van der Waals surface area contributed by atoms with Crippen molar-refractivity contribution >= 4 is 33.5 Å². The van der Waals surface area contributed by atoms with Crippen molar-refractivity contribution in [1.82, 2.24) is 0 Å². The van der Waals surface area contributed by atoms with Gasteiger partial charge in [-0.15, -0.1) is 0 Å². The van der Waals surface area contributed by atoms with Crippen LogP contribution >= 0.6 is 27.5 Å². The van der Waals surface area contributed by atoms with E-state index in [4.69, 9.17) is 11.6 Å². The van der Waals surface area contributed by atoms with Crippen molar-refractivity contribution < 1.29 is 9.90 Å². The number of carboxylic acid groups (broad SMARTS) is 1. The van der Waals surface area contributed by atoms with E-state index in [-0.39, 0.29) is 0 Å². The molecular weight excluding hydrogens is 279 g/mol. The van der Waals surface area contributed by atoms with Crippen LogP contribution < -0.4 is 0 Å². The Hall–Kier alpha value is -0.540. The zero-order chi connectivity index (χ0) is 11.1. The maximum Gasteiger partial charge on any atom is 0.314 e. The van der Waals surface area contributed by atoms with Crippen LogP contribution in [0.25, 0.3) is 0 Å². The zero-order valence-corrected chi connectivity index (χ0v) is 10.3. The molecule has 1 aliphatic carbocycles. The fourth-order valence-corrected chi connectivity index (χ4v) is 2.38. The molecule has 0 bridgehead atoms. The highest BCUT2D eigenvalue weighted by molar-refractivity contribution is 9.10. The van der Waals surface area contributed by atoms with Gasteiger partial charge >= 0.3 is 5.97 Å². The van der Waals surface area contributed by atoms with E-state index in [1.54, 1.807) is 12.1 Å². The third kappa shape index (κ3) is 1.68. The summed E-state index contributed by atoms with van der Waals surface area (Å²) in [7, 11) is 0. The molecule has 15 heavy (non-hydrogen) atoms. The maximum atomic E-state index is 11.2. The minimum atomic E-state index is -0.743. The quantitative estimate of drug-likeness (QED) is 0.903. The van der Waals surface area contributed by atoms with Gasteiger partial charge in [0.15, 0.2) is 0 Å². The summed E-state index contributed by atoms with van der Waals surface area (Å²) in [5.41, 5.74) is 0.124. The van der Waals surface area contributed by atoms with Crippen molar-refractivity contribution in [3.63, 3.8) is 0 Å². The number of aliphatic carboxylic acids is 1. The minimum absolute atomic E-state index is 0.569. The van der Waals surface area contributed by atoms with Crippen LogP contribution in [-0.2, 0) is 10.2 Å². The number of hydrogen-bond acceptors (Lipinski definition) is 1. The van der Waals surface area contributed by atoms with E-state index < -0.39 is 11.4 Å². The highest BCUT2D eigenvalue weighted by atomic mass is 79.9. The predicted octanol–water partition coefficient (Wildman–Crippen LogP) is 3.61. The largest absolute Gasteiger partial charge is 0.481 e. The van der Waals surface area contributed by atoms with Gasteiger partial charge in [-0.2, -0.15) is 0 Å². The minimum Gasteiger partial charge on any atom is -0.481 e. The molecule has 1 aromatic carbocycles. The van der Waals surface area contributed by atoms with Crippen LogP contribution in [0, 0.1) is 0 Å². The summed E-state index contributed by atoms with van der Waals surface area (Å²) in [6.45, 7) is 0. The molecule has 80 valence electrons. The average Bonchev–Trinajstić information content (AvgIpc) is 2.08. The Morgan fingerprint density at radius 3 is 2.53 bits per heavy atom. The lowest BCUT2D eigenvalue weighted by molar-refractivity contribution is -0.147. The van der Waals surface area contributed by atoms with Gasteiger partial charge in [0, 0.05) is 4.47 Å². The molecule has 4 heteroatoms. The molecule has 0 heterocycles. The van der Waals surface area contributed by atoms with Crippen molar-refractivity contribution in [2.75, 3.05) is 0 Å². The second kappa shape index (κ2) is 3.80. The summed E-state index contributed by atoms with van der Waals surface area (Å²) in [5.74, 6) is -0.743. The number of hydrogen-bond donors (Lipinski definition) is 1. The SMILES string of the molecule is O=C(O)C1(c2ccc(Br)c(Cl)c2)CCC1. The van der Waals surface area contributed by atoms with Gasteiger partial charge in [0.2, 0.25) is 0 Å². The first-order chi connectivity index (χ1) is 7.06. The van der Waals surface area contributed by atoms with E-state index >= 15 is 0 Å². The van der Waals surface area contributed by atoms with E-state index in [1.165, 1.54) is 0 Å². The maximum absolute atomic E-state index is 11.2. The molecule has 0 spiro atoms. The number of carbonyl (C=O) groups is 1. The first-order valence-corrected chi connectivity index (χ1v) is 5.92. The van der Waals surface area contributed by atoms with Crippen molar-refractivity contribution in [3.05, 3.63) is 33.3 Å². The van der Waals surface area contributed by atoms with Crippen LogP contribution in [0.4, 0.5) is 0 Å². The van der Waals surface area contributed by atoms with Crippen LogP contribution in [0.1, 0.15) is 24.8 Å². The van der Waals surface area contributed by atoms with Gasteiger partial charge in [0.25, 0.3) is 0 Å². The Bertz CT molecular complexity index is 413. The fourth-order valence-electron chi connectivity index (χ4n) is 1.95. The molecule has 1 fully saturated rings. The van der Waals surface area contributed by atoms with E-state index in [9.17, 15) is 9.90 Å². The third-order valence-corrected chi connectivity index (χ3v) is 4.32. The van der Waals surface area contributed by atoms with Crippen molar-refractivity contribution in [2.24, 2.45) is 0 Å². The number of carboxylic acids is 1. The molecule has 0 aromatic heterocycles. The number of benzene rings is 1. The highest BCUT2D eigenvalue weighted by Crippen LogP contribution is 2.45. The van der Waals surface area contributed by atoms with Crippen molar-refractivity contribution in [1.29, 1.82) is 0 Å². The third-order valence-electron chi connectivity index (χ3n) is 3.09. The Balaban J connectivity index is 2.44. The normalized spacial score (nSPS) is 18.3. The summed E-state index contributed by atoms with van der Waals surface area (Å²) in [4.78, 5) is 11.2. The second-order valence-corrected chi connectivity index (χ2v) is 5.13. The monoisotopic (exact) mass is 288 g/mol. The number of halogens is 2. The lowest BCUT2D eigenvalue weighted by Gasteiger charge is -2.38. The zero-order valence-electron chi connectivity index (χ0n) is 7.96. The average molecular weight is 290 g/mol. The topological polar surface area (TPSA) is 37.3 Å². The smallest absolute Gasteiger partial charge is 0.314 e. The second-order valence-electron chi connectivity index (χ2n) is 3.87. The number of rotatable bonds is 2. The molecule has 1 N–H and O–H groups in total. The fraction of sp³-hybridized carbons (Fsp3) is 0.364. The molecule has 0 saturated heterocycles. The van der Waals surface area contributed by atoms with Gasteiger partial charge in [0.05, 0.1) is 10.4 Å². The Kier molecular flexibility index (Phi) is 2.77. The lowest BCUT2D eigenvalue weighted by atomic mass is 9.64.